The third-order valence-corrected chi connectivity index (χ3v) is 2.62. The zero-order chi connectivity index (χ0) is 12.7. The number of aromatic nitrogens is 1. The first-order valence-electron chi connectivity index (χ1n) is 5.13. The molecule has 0 spiro atoms. The lowest BCUT2D eigenvalue weighted by Crippen LogP contribution is -2.04. The van der Waals surface area contributed by atoms with E-state index in [0.29, 0.717) is 11.2 Å². The van der Waals surface area contributed by atoms with E-state index in [-0.39, 0.29) is 22.0 Å². The summed E-state index contributed by atoms with van der Waals surface area (Å²) < 4.78 is 5.48. The maximum absolute atomic E-state index is 12.1. The van der Waals surface area contributed by atoms with Crippen LogP contribution < -0.4 is 5.43 Å². The number of nitrogens with zero attached hydrogens (tertiary/aromatic N) is 2. The van der Waals surface area contributed by atoms with Crippen molar-refractivity contribution in [3.63, 3.8) is 0 Å². The summed E-state index contributed by atoms with van der Waals surface area (Å²) in [7, 11) is 0. The standard InChI is InChI=1S/C12H6N2O4/c15-12-8-6-7(14(16)17)3-4-9(8)18-10-2-1-5-13-11(10)12/h1-6H. The van der Waals surface area contributed by atoms with Crippen LogP contribution >= 0.6 is 0 Å². The number of fused-ring (bicyclic) bond motifs is 2. The van der Waals surface area contributed by atoms with Crippen molar-refractivity contribution in [1.29, 1.82) is 0 Å². The monoisotopic (exact) mass is 242 g/mol. The Kier molecular flexibility index (Phi) is 2.09. The number of hydrogen-bond donors (Lipinski definition) is 0. The molecule has 3 aromatic rings. The Morgan fingerprint density at radius 3 is 2.83 bits per heavy atom. The van der Waals surface area contributed by atoms with Gasteiger partial charge in [0, 0.05) is 18.3 Å². The van der Waals surface area contributed by atoms with Crippen molar-refractivity contribution in [2.45, 2.75) is 0 Å². The highest BCUT2D eigenvalue weighted by molar-refractivity contribution is 5.88. The summed E-state index contributed by atoms with van der Waals surface area (Å²) in [6.45, 7) is 0. The molecular formula is C12H6N2O4. The lowest BCUT2D eigenvalue weighted by Gasteiger charge is -1.99. The second-order valence-electron chi connectivity index (χ2n) is 3.72. The quantitative estimate of drug-likeness (QED) is 0.371. The van der Waals surface area contributed by atoms with Gasteiger partial charge in [0.25, 0.3) is 5.69 Å². The first kappa shape index (κ1) is 10.4. The molecule has 0 unspecified atom stereocenters. The number of hydrogen-bond acceptors (Lipinski definition) is 5. The molecule has 18 heavy (non-hydrogen) atoms. The van der Waals surface area contributed by atoms with Gasteiger partial charge in [0.05, 0.1) is 10.3 Å². The van der Waals surface area contributed by atoms with Crippen molar-refractivity contribution in [2.75, 3.05) is 0 Å². The van der Waals surface area contributed by atoms with Crippen molar-refractivity contribution >= 4 is 27.8 Å². The highest BCUT2D eigenvalue weighted by Gasteiger charge is 2.12. The SMILES string of the molecule is O=c1c2cc([N+](=O)[O-])ccc2oc2cccnc12. The Hall–Kier alpha value is -2.76. The van der Waals surface area contributed by atoms with Crippen LogP contribution in [0.5, 0.6) is 0 Å². The Morgan fingerprint density at radius 2 is 2.06 bits per heavy atom. The normalized spacial score (nSPS) is 10.9. The highest BCUT2D eigenvalue weighted by atomic mass is 16.6. The predicted molar refractivity (Wildman–Crippen MR) is 64.4 cm³/mol. The molecule has 0 aliphatic heterocycles. The van der Waals surface area contributed by atoms with E-state index in [1.807, 2.05) is 0 Å². The van der Waals surface area contributed by atoms with Crippen LogP contribution in [0, 0.1) is 10.1 Å². The number of nitro groups is 1. The molecule has 0 fully saturated rings. The first-order valence-corrected chi connectivity index (χ1v) is 5.13. The van der Waals surface area contributed by atoms with Crippen molar-refractivity contribution in [3.05, 3.63) is 56.9 Å². The fourth-order valence-corrected chi connectivity index (χ4v) is 1.79. The van der Waals surface area contributed by atoms with Gasteiger partial charge in [-0.2, -0.15) is 0 Å². The fraction of sp³-hybridized carbons (Fsp3) is 0. The maximum Gasteiger partial charge on any atom is 0.270 e. The van der Waals surface area contributed by atoms with E-state index in [2.05, 4.69) is 4.98 Å². The second-order valence-corrected chi connectivity index (χ2v) is 3.72. The van der Waals surface area contributed by atoms with E-state index >= 15 is 0 Å². The summed E-state index contributed by atoms with van der Waals surface area (Å²) >= 11 is 0. The summed E-state index contributed by atoms with van der Waals surface area (Å²) in [5, 5.41) is 10.8. The van der Waals surface area contributed by atoms with E-state index in [1.54, 1.807) is 12.1 Å². The number of benzene rings is 1. The zero-order valence-corrected chi connectivity index (χ0v) is 8.99. The predicted octanol–water partition coefficient (Wildman–Crippen LogP) is 2.25. The number of rotatable bonds is 1. The van der Waals surface area contributed by atoms with Gasteiger partial charge in [0.1, 0.15) is 5.58 Å². The molecule has 6 heteroatoms. The van der Waals surface area contributed by atoms with Crippen LogP contribution in [-0.4, -0.2) is 9.91 Å². The molecule has 0 aliphatic carbocycles. The number of non-ortho nitro benzene ring substituents is 1. The van der Waals surface area contributed by atoms with E-state index in [1.165, 1.54) is 24.4 Å². The van der Waals surface area contributed by atoms with Gasteiger partial charge in [0.15, 0.2) is 11.1 Å². The van der Waals surface area contributed by atoms with Gasteiger partial charge in [-0.05, 0) is 18.2 Å². The zero-order valence-electron chi connectivity index (χ0n) is 8.99. The van der Waals surface area contributed by atoms with Crippen molar-refractivity contribution in [1.82, 2.24) is 4.98 Å². The van der Waals surface area contributed by atoms with Crippen molar-refractivity contribution in [3.8, 4) is 0 Å². The van der Waals surface area contributed by atoms with Gasteiger partial charge in [-0.25, -0.2) is 4.98 Å². The summed E-state index contributed by atoms with van der Waals surface area (Å²) in [5.41, 5.74) is 0.334. The molecule has 0 aliphatic rings. The molecule has 2 heterocycles. The van der Waals surface area contributed by atoms with Crippen molar-refractivity contribution < 1.29 is 9.34 Å². The molecule has 0 atom stereocenters. The average molecular weight is 242 g/mol. The largest absolute Gasteiger partial charge is 0.454 e. The minimum atomic E-state index is -0.554. The molecule has 0 amide bonds. The molecule has 0 N–H and O–H groups in total. The molecule has 88 valence electrons. The number of nitro benzene ring substituents is 1. The molecule has 0 bridgehead atoms. The van der Waals surface area contributed by atoms with Gasteiger partial charge >= 0.3 is 0 Å². The molecule has 3 rings (SSSR count). The van der Waals surface area contributed by atoms with Gasteiger partial charge in [-0.1, -0.05) is 0 Å². The Balaban J connectivity index is 2.49. The van der Waals surface area contributed by atoms with Gasteiger partial charge in [-0.3, -0.25) is 14.9 Å². The van der Waals surface area contributed by atoms with Crippen LogP contribution in [0.4, 0.5) is 5.69 Å². The molecular weight excluding hydrogens is 236 g/mol. The summed E-state index contributed by atoms with van der Waals surface area (Å²) in [5.74, 6) is 0. The molecule has 0 saturated heterocycles. The third kappa shape index (κ3) is 1.43. The summed E-state index contributed by atoms with van der Waals surface area (Å²) in [6, 6.07) is 7.21. The highest BCUT2D eigenvalue weighted by Crippen LogP contribution is 2.21. The molecule has 2 aromatic heterocycles. The smallest absolute Gasteiger partial charge is 0.270 e. The van der Waals surface area contributed by atoms with Crippen LogP contribution in [0.25, 0.3) is 22.1 Å². The Bertz CT molecular complexity index is 838. The van der Waals surface area contributed by atoms with Crippen LogP contribution in [0.3, 0.4) is 0 Å². The van der Waals surface area contributed by atoms with E-state index in [0.717, 1.165) is 0 Å². The fourth-order valence-electron chi connectivity index (χ4n) is 1.79. The van der Waals surface area contributed by atoms with Crippen LogP contribution in [0.2, 0.25) is 0 Å². The summed E-state index contributed by atoms with van der Waals surface area (Å²) in [4.78, 5) is 26.2. The van der Waals surface area contributed by atoms with E-state index < -0.39 is 4.92 Å². The van der Waals surface area contributed by atoms with Gasteiger partial charge in [-0.15, -0.1) is 0 Å². The van der Waals surface area contributed by atoms with E-state index in [4.69, 9.17) is 4.42 Å². The van der Waals surface area contributed by atoms with Gasteiger partial charge in [0.2, 0.25) is 5.43 Å². The minimum absolute atomic E-state index is 0.148. The summed E-state index contributed by atoms with van der Waals surface area (Å²) in [6.07, 6.45) is 1.47. The third-order valence-electron chi connectivity index (χ3n) is 2.62. The number of pyridine rings is 1. The lowest BCUT2D eigenvalue weighted by molar-refractivity contribution is -0.384. The topological polar surface area (TPSA) is 86.2 Å². The average Bonchev–Trinajstić information content (AvgIpc) is 2.38. The Labute approximate surface area is 99.6 Å². The van der Waals surface area contributed by atoms with Crippen LogP contribution in [-0.2, 0) is 0 Å². The van der Waals surface area contributed by atoms with Crippen LogP contribution in [0.15, 0.2) is 45.7 Å². The van der Waals surface area contributed by atoms with Crippen molar-refractivity contribution in [2.24, 2.45) is 0 Å². The van der Waals surface area contributed by atoms with Gasteiger partial charge < -0.3 is 4.42 Å². The lowest BCUT2D eigenvalue weighted by atomic mass is 10.2. The minimum Gasteiger partial charge on any atom is -0.454 e. The molecule has 6 nitrogen and oxygen atoms in total. The Morgan fingerprint density at radius 1 is 1.22 bits per heavy atom. The second kappa shape index (κ2) is 3.63. The van der Waals surface area contributed by atoms with Crippen LogP contribution in [0.1, 0.15) is 0 Å². The van der Waals surface area contributed by atoms with E-state index in [9.17, 15) is 14.9 Å². The first-order chi connectivity index (χ1) is 8.66. The molecule has 0 saturated carbocycles. The molecule has 1 aromatic carbocycles. The maximum atomic E-state index is 12.1. The molecule has 0 radical (unpaired) electrons.